The Morgan fingerprint density at radius 3 is 2.92 bits per heavy atom. The molecule has 3 rings (SSSR count). The first-order valence-electron chi connectivity index (χ1n) is 4.83. The summed E-state index contributed by atoms with van der Waals surface area (Å²) in [4.78, 5) is 0. The maximum atomic E-state index is 4.19. The summed E-state index contributed by atoms with van der Waals surface area (Å²) in [5, 5.41) is 4.19. The fourth-order valence-electron chi connectivity index (χ4n) is 1.96. The third-order valence-electron chi connectivity index (χ3n) is 2.84. The molecule has 0 radical (unpaired) electrons. The molecule has 1 saturated carbocycles. The molecule has 2 aliphatic rings. The van der Waals surface area contributed by atoms with Gasteiger partial charge in [0.15, 0.2) is 0 Å². The van der Waals surface area contributed by atoms with E-state index in [2.05, 4.69) is 34.8 Å². The number of rotatable bonds is 1. The third kappa shape index (κ3) is 1.13. The van der Waals surface area contributed by atoms with Gasteiger partial charge in [0.1, 0.15) is 0 Å². The van der Waals surface area contributed by atoms with Crippen LogP contribution < -0.4 is 5.43 Å². The lowest BCUT2D eigenvalue weighted by atomic mass is 9.97. The second-order valence-electron chi connectivity index (χ2n) is 3.83. The van der Waals surface area contributed by atoms with Crippen LogP contribution in [0.25, 0.3) is 0 Å². The molecule has 0 bridgehead atoms. The summed E-state index contributed by atoms with van der Waals surface area (Å²) >= 11 is 0. The summed E-state index contributed by atoms with van der Waals surface area (Å²) in [6.45, 7) is 0. The van der Waals surface area contributed by atoms with Gasteiger partial charge in [-0.25, -0.2) is 0 Å². The van der Waals surface area contributed by atoms with E-state index in [4.69, 9.17) is 0 Å². The lowest BCUT2D eigenvalue weighted by molar-refractivity contribution is 0.493. The lowest BCUT2D eigenvalue weighted by Crippen LogP contribution is -2.23. The van der Waals surface area contributed by atoms with Crippen LogP contribution in [-0.4, -0.2) is 6.21 Å². The van der Waals surface area contributed by atoms with E-state index in [0.29, 0.717) is 6.04 Å². The van der Waals surface area contributed by atoms with Crippen molar-refractivity contribution in [1.82, 2.24) is 5.43 Å². The first kappa shape index (κ1) is 7.13. The van der Waals surface area contributed by atoms with E-state index >= 15 is 0 Å². The van der Waals surface area contributed by atoms with Gasteiger partial charge in [0.2, 0.25) is 0 Å². The molecule has 1 N–H and O–H groups in total. The van der Waals surface area contributed by atoms with Crippen molar-refractivity contribution in [1.29, 1.82) is 0 Å². The molecule has 0 saturated heterocycles. The van der Waals surface area contributed by atoms with Gasteiger partial charge in [-0.05, 0) is 29.9 Å². The lowest BCUT2D eigenvalue weighted by Gasteiger charge is -2.21. The normalized spacial score (nSPS) is 25.1. The van der Waals surface area contributed by atoms with Gasteiger partial charge in [-0.1, -0.05) is 24.3 Å². The predicted octanol–water partition coefficient (Wildman–Crippen LogP) is 2.07. The minimum Gasteiger partial charge on any atom is -0.302 e. The van der Waals surface area contributed by atoms with Crippen LogP contribution in [0.1, 0.15) is 30.0 Å². The number of hydrogen-bond acceptors (Lipinski definition) is 2. The van der Waals surface area contributed by atoms with E-state index in [1.165, 1.54) is 24.0 Å². The fraction of sp³-hybridized carbons (Fsp3) is 0.364. The Morgan fingerprint density at radius 1 is 1.23 bits per heavy atom. The molecular weight excluding hydrogens is 160 g/mol. The number of benzene rings is 1. The molecule has 1 aromatic carbocycles. The number of nitrogens with zero attached hydrogens (tertiary/aromatic N) is 1. The maximum absolute atomic E-state index is 4.19. The van der Waals surface area contributed by atoms with Crippen LogP contribution >= 0.6 is 0 Å². The van der Waals surface area contributed by atoms with Crippen LogP contribution in [0.2, 0.25) is 0 Å². The van der Waals surface area contributed by atoms with E-state index in [1.54, 1.807) is 0 Å². The monoisotopic (exact) mass is 172 g/mol. The average molecular weight is 172 g/mol. The van der Waals surface area contributed by atoms with Crippen molar-refractivity contribution in [3.8, 4) is 0 Å². The zero-order chi connectivity index (χ0) is 8.67. The fourth-order valence-corrected chi connectivity index (χ4v) is 1.96. The summed E-state index contributed by atoms with van der Waals surface area (Å²) in [5.41, 5.74) is 5.90. The molecule has 2 nitrogen and oxygen atoms in total. The number of fused-ring (bicyclic) bond motifs is 1. The number of nitrogens with one attached hydrogen (secondary N) is 1. The number of hydrogen-bond donors (Lipinski definition) is 1. The molecule has 1 heterocycles. The van der Waals surface area contributed by atoms with Gasteiger partial charge in [0.25, 0.3) is 0 Å². The predicted molar refractivity (Wildman–Crippen MR) is 52.6 cm³/mol. The Kier molecular flexibility index (Phi) is 1.42. The average Bonchev–Trinajstić information content (AvgIpc) is 3.00. The molecule has 13 heavy (non-hydrogen) atoms. The summed E-state index contributed by atoms with van der Waals surface area (Å²) in [5.74, 6) is 0.818. The molecular formula is C11H12N2. The number of hydrazone groups is 1. The van der Waals surface area contributed by atoms with Gasteiger partial charge in [0, 0.05) is 0 Å². The Hall–Kier alpha value is -1.31. The quantitative estimate of drug-likeness (QED) is 0.689. The van der Waals surface area contributed by atoms with Gasteiger partial charge in [0.05, 0.1) is 12.3 Å². The van der Waals surface area contributed by atoms with Crippen LogP contribution in [-0.2, 0) is 0 Å². The summed E-state index contributed by atoms with van der Waals surface area (Å²) < 4.78 is 0. The smallest absolute Gasteiger partial charge is 0.0723 e. The molecule has 1 aromatic rings. The van der Waals surface area contributed by atoms with Crippen molar-refractivity contribution in [2.75, 3.05) is 0 Å². The molecule has 1 aliphatic carbocycles. The minimum absolute atomic E-state index is 0.473. The Balaban J connectivity index is 2.05. The molecule has 1 unspecified atom stereocenters. The molecule has 0 amide bonds. The van der Waals surface area contributed by atoms with Gasteiger partial charge in [-0.3, -0.25) is 0 Å². The van der Waals surface area contributed by atoms with Crippen molar-refractivity contribution in [3.63, 3.8) is 0 Å². The zero-order valence-electron chi connectivity index (χ0n) is 7.40. The molecule has 2 heteroatoms. The Morgan fingerprint density at radius 2 is 2.08 bits per heavy atom. The van der Waals surface area contributed by atoms with Crippen molar-refractivity contribution in [2.24, 2.45) is 11.0 Å². The highest BCUT2D eigenvalue weighted by atomic mass is 15.3. The van der Waals surface area contributed by atoms with Crippen molar-refractivity contribution in [2.45, 2.75) is 18.9 Å². The highest BCUT2D eigenvalue weighted by Gasteiger charge is 2.34. The van der Waals surface area contributed by atoms with E-state index in [0.717, 1.165) is 5.92 Å². The van der Waals surface area contributed by atoms with Gasteiger partial charge < -0.3 is 5.43 Å². The zero-order valence-corrected chi connectivity index (χ0v) is 7.40. The van der Waals surface area contributed by atoms with Crippen LogP contribution in [0.3, 0.4) is 0 Å². The van der Waals surface area contributed by atoms with Crippen molar-refractivity contribution in [3.05, 3.63) is 35.4 Å². The molecule has 0 aromatic heterocycles. The molecule has 1 fully saturated rings. The largest absolute Gasteiger partial charge is 0.302 e. The van der Waals surface area contributed by atoms with Gasteiger partial charge >= 0.3 is 0 Å². The van der Waals surface area contributed by atoms with Crippen LogP contribution in [0.5, 0.6) is 0 Å². The minimum atomic E-state index is 0.473. The molecule has 1 aliphatic heterocycles. The molecule has 0 spiro atoms. The first-order chi connectivity index (χ1) is 6.45. The summed E-state index contributed by atoms with van der Waals surface area (Å²) in [6.07, 6.45) is 4.61. The molecule has 66 valence electrons. The van der Waals surface area contributed by atoms with Crippen molar-refractivity contribution < 1.29 is 0 Å². The first-order valence-corrected chi connectivity index (χ1v) is 4.83. The third-order valence-corrected chi connectivity index (χ3v) is 2.84. The van der Waals surface area contributed by atoms with E-state index < -0.39 is 0 Å². The standard InChI is InChI=1S/C11H12N2/c1-2-4-10-9(3-1)7-12-13-11(10)8-5-6-8/h1-4,7-8,11,13H,5-6H2. The second-order valence-corrected chi connectivity index (χ2v) is 3.83. The summed E-state index contributed by atoms with van der Waals surface area (Å²) in [6, 6.07) is 8.99. The second kappa shape index (κ2) is 2.59. The van der Waals surface area contributed by atoms with Gasteiger partial charge in [-0.15, -0.1) is 0 Å². The van der Waals surface area contributed by atoms with Crippen molar-refractivity contribution >= 4 is 6.21 Å². The van der Waals surface area contributed by atoms with E-state index in [9.17, 15) is 0 Å². The van der Waals surface area contributed by atoms with Crippen LogP contribution in [0, 0.1) is 5.92 Å². The maximum Gasteiger partial charge on any atom is 0.0723 e. The van der Waals surface area contributed by atoms with Crippen LogP contribution in [0.4, 0.5) is 0 Å². The molecule has 1 atom stereocenters. The highest BCUT2D eigenvalue weighted by Crippen LogP contribution is 2.42. The SMILES string of the molecule is C1=NNC(C2CC2)c2ccccc21. The van der Waals surface area contributed by atoms with E-state index in [-0.39, 0.29) is 0 Å². The highest BCUT2D eigenvalue weighted by molar-refractivity contribution is 5.82. The van der Waals surface area contributed by atoms with Gasteiger partial charge in [-0.2, -0.15) is 5.10 Å². The Labute approximate surface area is 77.7 Å². The van der Waals surface area contributed by atoms with E-state index in [1.807, 2.05) is 6.21 Å². The topological polar surface area (TPSA) is 24.4 Å². The van der Waals surface area contributed by atoms with Crippen LogP contribution in [0.15, 0.2) is 29.4 Å². The summed E-state index contributed by atoms with van der Waals surface area (Å²) in [7, 11) is 0. The Bertz CT molecular complexity index is 353.